The smallest absolute Gasteiger partial charge is 0.371 e. The van der Waals surface area contributed by atoms with E-state index in [9.17, 15) is 4.79 Å². The average Bonchev–Trinajstić information content (AvgIpc) is 2.10. The van der Waals surface area contributed by atoms with Crippen LogP contribution >= 0.6 is 0 Å². The van der Waals surface area contributed by atoms with Gasteiger partial charge in [0, 0.05) is 0 Å². The second kappa shape index (κ2) is 1.69. The largest absolute Gasteiger partial charge is 0.475 e. The van der Waals surface area contributed by atoms with Gasteiger partial charge in [-0.05, 0) is 12.1 Å². The highest BCUT2D eigenvalue weighted by Crippen LogP contribution is 1.97. The fraction of sp³-hybridized carbons (Fsp3) is 0. The van der Waals surface area contributed by atoms with Crippen molar-refractivity contribution in [2.24, 2.45) is 0 Å². The number of aromatic carboxylic acids is 1. The quantitative estimate of drug-likeness (QED) is 0.592. The summed E-state index contributed by atoms with van der Waals surface area (Å²) < 4.78 is 18.1. The number of furan rings is 1. The standard InChI is InChI=1S/C5H4O3/c6-5(7)4-2-1-3-8-4/h1-3H,(H,6,7)/i2D,3D. The van der Waals surface area contributed by atoms with Gasteiger partial charge in [0.1, 0.15) is 1.37 Å². The lowest BCUT2D eigenvalue weighted by atomic mass is 10.5. The Kier molecular flexibility index (Phi) is 0.617. The molecule has 8 heavy (non-hydrogen) atoms. The minimum Gasteiger partial charge on any atom is -0.475 e. The minimum atomic E-state index is -1.32. The van der Waals surface area contributed by atoms with Crippen LogP contribution in [0.5, 0.6) is 0 Å². The Balaban J connectivity index is 3.15. The Morgan fingerprint density at radius 2 is 2.75 bits per heavy atom. The second-order valence-corrected chi connectivity index (χ2v) is 1.14. The van der Waals surface area contributed by atoms with E-state index in [1.165, 1.54) is 0 Å². The Morgan fingerprint density at radius 1 is 2.00 bits per heavy atom. The number of hydrogen-bond acceptors (Lipinski definition) is 2. The summed E-state index contributed by atoms with van der Waals surface area (Å²) in [5, 5.41) is 8.28. The maximum atomic E-state index is 10.1. The minimum absolute atomic E-state index is 0.266. The molecular formula is C5H4O3. The van der Waals surface area contributed by atoms with Crippen molar-refractivity contribution in [1.82, 2.24) is 0 Å². The van der Waals surface area contributed by atoms with Gasteiger partial charge in [0.2, 0.25) is 5.76 Å². The van der Waals surface area contributed by atoms with E-state index in [1.54, 1.807) is 0 Å². The van der Waals surface area contributed by atoms with E-state index in [0.29, 0.717) is 0 Å². The first-order chi connectivity index (χ1) is 4.61. The first-order valence-electron chi connectivity index (χ1n) is 2.91. The predicted molar refractivity (Wildman–Crippen MR) is 25.7 cm³/mol. The zero-order chi connectivity index (χ0) is 7.72. The van der Waals surface area contributed by atoms with Crippen LogP contribution in [0.2, 0.25) is 0 Å². The summed E-state index contributed by atoms with van der Waals surface area (Å²) in [5.41, 5.74) is 0. The lowest BCUT2D eigenvalue weighted by Crippen LogP contribution is -1.90. The molecule has 0 saturated carbocycles. The van der Waals surface area contributed by atoms with Gasteiger partial charge in [-0.3, -0.25) is 0 Å². The summed E-state index contributed by atoms with van der Waals surface area (Å²) in [6, 6.07) is 0.765. The lowest BCUT2D eigenvalue weighted by Gasteiger charge is -1.79. The van der Waals surface area contributed by atoms with Crippen LogP contribution in [0.3, 0.4) is 0 Å². The Hall–Kier alpha value is -1.25. The highest BCUT2D eigenvalue weighted by Gasteiger charge is 2.01. The maximum absolute atomic E-state index is 10.1. The molecular weight excluding hydrogens is 108 g/mol. The zero-order valence-electron chi connectivity index (χ0n) is 5.84. The molecule has 42 valence electrons. The van der Waals surface area contributed by atoms with Crippen molar-refractivity contribution in [1.29, 1.82) is 0 Å². The molecule has 0 fully saturated rings. The second-order valence-electron chi connectivity index (χ2n) is 1.14. The third-order valence-corrected chi connectivity index (χ3v) is 0.617. The molecule has 0 spiro atoms. The molecule has 0 aliphatic carbocycles. The lowest BCUT2D eigenvalue weighted by molar-refractivity contribution is 0.0662. The molecule has 1 aromatic rings. The summed E-state index contributed by atoms with van der Waals surface area (Å²) in [7, 11) is 0. The highest BCUT2D eigenvalue weighted by molar-refractivity contribution is 5.84. The van der Waals surface area contributed by atoms with Crippen molar-refractivity contribution in [3.63, 3.8) is 0 Å². The Labute approximate surface area is 48.4 Å². The van der Waals surface area contributed by atoms with Gasteiger partial charge < -0.3 is 9.52 Å². The Morgan fingerprint density at radius 3 is 3.00 bits per heavy atom. The molecule has 0 atom stereocenters. The third kappa shape index (κ3) is 0.703. The zero-order valence-corrected chi connectivity index (χ0v) is 3.84. The fourth-order valence-corrected chi connectivity index (χ4v) is 0.318. The van der Waals surface area contributed by atoms with Crippen molar-refractivity contribution in [3.8, 4) is 0 Å². The van der Waals surface area contributed by atoms with Crippen molar-refractivity contribution in [2.75, 3.05) is 0 Å². The van der Waals surface area contributed by atoms with E-state index in [-0.39, 0.29) is 12.3 Å². The van der Waals surface area contributed by atoms with Gasteiger partial charge in [-0.25, -0.2) is 4.79 Å². The monoisotopic (exact) mass is 114 g/mol. The van der Waals surface area contributed by atoms with E-state index in [4.69, 9.17) is 7.85 Å². The third-order valence-electron chi connectivity index (χ3n) is 0.617. The van der Waals surface area contributed by atoms with Crippen LogP contribution < -0.4 is 0 Å². The molecule has 0 unspecified atom stereocenters. The predicted octanol–water partition coefficient (Wildman–Crippen LogP) is 0.978. The molecule has 1 N–H and O–H groups in total. The van der Waals surface area contributed by atoms with Crippen LogP contribution in [-0.2, 0) is 0 Å². The fourth-order valence-electron chi connectivity index (χ4n) is 0.318. The number of carbonyl (C=O) groups is 1. The molecule has 0 aromatic carbocycles. The molecule has 1 rings (SSSR count). The van der Waals surface area contributed by atoms with E-state index in [2.05, 4.69) is 4.42 Å². The molecule has 0 saturated heterocycles. The number of carboxylic acid groups (broad SMARTS) is 1. The molecule has 0 aliphatic heterocycles. The van der Waals surface area contributed by atoms with E-state index < -0.39 is 11.7 Å². The molecule has 0 bridgehead atoms. The van der Waals surface area contributed by atoms with Crippen molar-refractivity contribution in [3.05, 3.63) is 24.1 Å². The van der Waals surface area contributed by atoms with Crippen molar-refractivity contribution in [2.45, 2.75) is 0 Å². The molecule has 1 aromatic heterocycles. The van der Waals surface area contributed by atoms with Crippen LogP contribution in [0.4, 0.5) is 0 Å². The van der Waals surface area contributed by atoms with Crippen molar-refractivity contribution < 1.29 is 17.1 Å². The summed E-state index contributed by atoms with van der Waals surface area (Å²) in [4.78, 5) is 10.1. The SMILES string of the molecule is [2H]c1cc([2H])c(C(=O)O)o1. The van der Waals surface area contributed by atoms with E-state index in [1.807, 2.05) is 0 Å². The van der Waals surface area contributed by atoms with Crippen molar-refractivity contribution >= 4 is 5.97 Å². The van der Waals surface area contributed by atoms with Crippen LogP contribution in [0.15, 0.2) is 22.8 Å². The van der Waals surface area contributed by atoms with Gasteiger partial charge >= 0.3 is 5.97 Å². The maximum Gasteiger partial charge on any atom is 0.371 e. The van der Waals surface area contributed by atoms with Crippen LogP contribution in [0.1, 0.15) is 13.3 Å². The average molecular weight is 114 g/mol. The van der Waals surface area contributed by atoms with Crippen LogP contribution in [0, 0.1) is 0 Å². The highest BCUT2D eigenvalue weighted by atomic mass is 16.4. The molecule has 3 nitrogen and oxygen atoms in total. The van der Waals surface area contributed by atoms with Gasteiger partial charge in [0.05, 0.1) is 7.61 Å². The summed E-state index contributed by atoms with van der Waals surface area (Å²) in [5.74, 6) is -1.80. The van der Waals surface area contributed by atoms with E-state index >= 15 is 0 Å². The van der Waals surface area contributed by atoms with Gasteiger partial charge in [-0.2, -0.15) is 0 Å². The summed E-state index contributed by atoms with van der Waals surface area (Å²) in [6.45, 7) is 0. The van der Waals surface area contributed by atoms with E-state index in [0.717, 1.165) is 6.07 Å². The Bertz CT molecular complexity index is 266. The normalized spacial score (nSPS) is 12.5. The summed E-state index contributed by atoms with van der Waals surface area (Å²) in [6.07, 6.45) is -0.303. The molecule has 0 radical (unpaired) electrons. The number of rotatable bonds is 1. The van der Waals surface area contributed by atoms with Gasteiger partial charge in [-0.1, -0.05) is 0 Å². The first-order valence-corrected chi connectivity index (χ1v) is 1.91. The molecule has 1 heterocycles. The number of carboxylic acids is 1. The summed E-state index contributed by atoms with van der Waals surface area (Å²) >= 11 is 0. The molecule has 0 aliphatic rings. The van der Waals surface area contributed by atoms with Crippen LogP contribution in [0.25, 0.3) is 0 Å². The first kappa shape index (κ1) is 2.91. The van der Waals surface area contributed by atoms with Gasteiger partial charge in [-0.15, -0.1) is 0 Å². The number of hydrogen-bond donors (Lipinski definition) is 1. The molecule has 3 heteroatoms. The topological polar surface area (TPSA) is 50.4 Å². The molecule has 0 amide bonds. The van der Waals surface area contributed by atoms with Crippen LogP contribution in [-0.4, -0.2) is 11.1 Å². The van der Waals surface area contributed by atoms with Gasteiger partial charge in [0.25, 0.3) is 0 Å². The van der Waals surface area contributed by atoms with Gasteiger partial charge in [0.15, 0.2) is 0 Å².